The fourth-order valence-electron chi connectivity index (χ4n) is 3.72. The zero-order chi connectivity index (χ0) is 24.6. The predicted octanol–water partition coefficient (Wildman–Crippen LogP) is 4.50. The molecule has 0 bridgehead atoms. The average molecular weight is 517 g/mol. The van der Waals surface area contributed by atoms with Gasteiger partial charge in [-0.3, -0.25) is 9.36 Å². The van der Waals surface area contributed by atoms with Crippen molar-refractivity contribution in [3.05, 3.63) is 94.6 Å². The van der Waals surface area contributed by atoms with Crippen LogP contribution in [0.15, 0.2) is 63.5 Å². The fourth-order valence-corrected chi connectivity index (χ4v) is 5.22. The van der Waals surface area contributed by atoms with Crippen LogP contribution in [0.4, 0.5) is 0 Å². The number of carbonyl (C=O) groups excluding carboxylic acids is 1. The Morgan fingerprint density at radius 3 is 2.50 bits per heavy atom. The number of benzene rings is 2. The van der Waals surface area contributed by atoms with Gasteiger partial charge in [-0.05, 0) is 62.2 Å². The van der Waals surface area contributed by atoms with E-state index in [-0.39, 0.29) is 11.7 Å². The molecule has 6 nitrogen and oxygen atoms in total. The summed E-state index contributed by atoms with van der Waals surface area (Å²) in [5, 5.41) is 0.939. The van der Waals surface area contributed by atoms with Crippen molar-refractivity contribution in [2.75, 3.05) is 7.11 Å². The number of nitrogens with zero attached hydrogens (tertiary/aromatic N) is 2. The minimum absolute atomic E-state index is 0.280. The maximum absolute atomic E-state index is 13.6. The largest absolute Gasteiger partial charge is 0.497 e. The van der Waals surface area contributed by atoms with E-state index in [1.54, 1.807) is 64.3 Å². The number of thiazole rings is 1. The quantitative estimate of drug-likeness (QED) is 0.468. The molecule has 1 aliphatic rings. The molecule has 4 rings (SSSR count). The Hall–Kier alpha value is -2.87. The van der Waals surface area contributed by atoms with Gasteiger partial charge in [0.1, 0.15) is 5.75 Å². The van der Waals surface area contributed by atoms with Crippen LogP contribution in [0.2, 0.25) is 10.0 Å². The topological polar surface area (TPSA) is 69.9 Å². The monoisotopic (exact) mass is 516 g/mol. The maximum Gasteiger partial charge on any atom is 0.338 e. The van der Waals surface area contributed by atoms with E-state index in [9.17, 15) is 9.59 Å². The molecule has 0 unspecified atom stereocenters. The molecule has 34 heavy (non-hydrogen) atoms. The lowest BCUT2D eigenvalue weighted by atomic mass is 9.96. The van der Waals surface area contributed by atoms with E-state index in [2.05, 4.69) is 4.99 Å². The summed E-state index contributed by atoms with van der Waals surface area (Å²) in [5.74, 6) is 0.160. The number of carbonyl (C=O) groups is 1. The molecule has 1 atom stereocenters. The van der Waals surface area contributed by atoms with Gasteiger partial charge in [0.25, 0.3) is 5.56 Å². The molecule has 176 valence electrons. The number of ether oxygens (including phenoxy) is 2. The summed E-state index contributed by atoms with van der Waals surface area (Å²) in [5.41, 5.74) is 1.94. The lowest BCUT2D eigenvalue weighted by molar-refractivity contribution is -0.143. The Kier molecular flexibility index (Phi) is 6.98. The number of allylic oxidation sites excluding steroid dienone is 1. The molecule has 1 aromatic heterocycles. The zero-order valence-corrected chi connectivity index (χ0v) is 21.3. The lowest BCUT2D eigenvalue weighted by Crippen LogP contribution is -2.40. The van der Waals surface area contributed by atoms with Gasteiger partial charge < -0.3 is 9.47 Å². The van der Waals surface area contributed by atoms with E-state index in [0.29, 0.717) is 42.0 Å². The number of fused-ring (bicyclic) bond motifs is 1. The lowest BCUT2D eigenvalue weighted by Gasteiger charge is -2.25. The second-order valence-corrected chi connectivity index (χ2v) is 9.83. The van der Waals surface area contributed by atoms with Gasteiger partial charge in [-0.2, -0.15) is 0 Å². The molecule has 0 spiro atoms. The average Bonchev–Trinajstić information content (AvgIpc) is 3.08. The SMILES string of the molecule is COc1ccc([C@@H]2C(C(=O)OC(C)C)=C(C)N=c3s/c(=C/c4ccc(Cl)cc4Cl)c(=O)n32)cc1. The van der Waals surface area contributed by atoms with Gasteiger partial charge in [0.05, 0.1) is 35.1 Å². The first-order valence-corrected chi connectivity index (χ1v) is 12.1. The number of hydrogen-bond acceptors (Lipinski definition) is 6. The van der Waals surface area contributed by atoms with Crippen molar-refractivity contribution >= 4 is 46.6 Å². The van der Waals surface area contributed by atoms with Crippen molar-refractivity contribution in [2.45, 2.75) is 32.9 Å². The molecule has 0 fully saturated rings. The van der Waals surface area contributed by atoms with Gasteiger partial charge in [0.2, 0.25) is 0 Å². The van der Waals surface area contributed by atoms with Gasteiger partial charge in [0.15, 0.2) is 4.80 Å². The predicted molar refractivity (Wildman–Crippen MR) is 134 cm³/mol. The van der Waals surface area contributed by atoms with Gasteiger partial charge in [-0.1, -0.05) is 52.7 Å². The van der Waals surface area contributed by atoms with Gasteiger partial charge >= 0.3 is 5.97 Å². The summed E-state index contributed by atoms with van der Waals surface area (Å²) >= 11 is 13.6. The van der Waals surface area contributed by atoms with Gasteiger partial charge in [-0.15, -0.1) is 0 Å². The molecule has 2 aromatic carbocycles. The number of rotatable bonds is 5. The number of esters is 1. The van der Waals surface area contributed by atoms with Crippen molar-refractivity contribution in [3.63, 3.8) is 0 Å². The van der Waals surface area contributed by atoms with E-state index < -0.39 is 12.0 Å². The highest BCUT2D eigenvalue weighted by molar-refractivity contribution is 7.07. The number of aromatic nitrogens is 1. The smallest absolute Gasteiger partial charge is 0.338 e. The Labute approximate surface area is 210 Å². The highest BCUT2D eigenvalue weighted by atomic mass is 35.5. The van der Waals surface area contributed by atoms with Gasteiger partial charge in [-0.25, -0.2) is 9.79 Å². The van der Waals surface area contributed by atoms with E-state index in [0.717, 1.165) is 5.56 Å². The fraction of sp³-hybridized carbons (Fsp3) is 0.240. The Balaban J connectivity index is 1.94. The standard InChI is InChI=1S/C25H22Cl2N2O4S/c1-13(2)33-24(31)21-14(3)28-25-29(22(21)15-6-9-18(32-4)10-7-15)23(30)20(34-25)11-16-5-8-17(26)12-19(16)27/h5-13,22H,1-4H3/b20-11+/t22-/m1/s1. The molecule has 0 aliphatic carbocycles. The second kappa shape index (κ2) is 9.78. The third-order valence-electron chi connectivity index (χ3n) is 5.26. The number of methoxy groups -OCH3 is 1. The van der Waals surface area contributed by atoms with E-state index in [1.807, 2.05) is 12.1 Å². The summed E-state index contributed by atoms with van der Waals surface area (Å²) in [4.78, 5) is 31.8. The molecule has 2 heterocycles. The van der Waals surface area contributed by atoms with Crippen LogP contribution in [0, 0.1) is 0 Å². The molecule has 0 saturated heterocycles. The molecule has 0 amide bonds. The van der Waals surface area contributed by atoms with E-state index in [1.165, 1.54) is 15.9 Å². The third kappa shape index (κ3) is 4.69. The summed E-state index contributed by atoms with van der Waals surface area (Å²) in [6.07, 6.45) is 1.39. The van der Waals surface area contributed by atoms with Crippen LogP contribution in [0.25, 0.3) is 6.08 Å². The Morgan fingerprint density at radius 1 is 1.18 bits per heavy atom. The Morgan fingerprint density at radius 2 is 1.88 bits per heavy atom. The van der Waals surface area contributed by atoms with Crippen molar-refractivity contribution < 1.29 is 14.3 Å². The normalized spacial score (nSPS) is 15.9. The zero-order valence-electron chi connectivity index (χ0n) is 19.0. The first-order valence-electron chi connectivity index (χ1n) is 10.5. The van der Waals surface area contributed by atoms with Crippen molar-refractivity contribution in [1.29, 1.82) is 0 Å². The van der Waals surface area contributed by atoms with Crippen molar-refractivity contribution in [2.24, 2.45) is 4.99 Å². The van der Waals surface area contributed by atoms with Crippen LogP contribution in [-0.4, -0.2) is 23.8 Å². The summed E-state index contributed by atoms with van der Waals surface area (Å²) in [6, 6.07) is 11.6. The number of halogens is 2. The maximum atomic E-state index is 13.6. The van der Waals surface area contributed by atoms with Crippen LogP contribution >= 0.6 is 34.5 Å². The van der Waals surface area contributed by atoms with Crippen LogP contribution in [0.3, 0.4) is 0 Å². The van der Waals surface area contributed by atoms with Gasteiger partial charge in [0, 0.05) is 10.0 Å². The third-order valence-corrected chi connectivity index (χ3v) is 6.81. The van der Waals surface area contributed by atoms with E-state index >= 15 is 0 Å². The molecule has 1 aliphatic heterocycles. The van der Waals surface area contributed by atoms with E-state index in [4.69, 9.17) is 32.7 Å². The van der Waals surface area contributed by atoms with Crippen LogP contribution in [0.1, 0.15) is 37.9 Å². The van der Waals surface area contributed by atoms with Crippen LogP contribution < -0.4 is 19.6 Å². The number of hydrogen-bond donors (Lipinski definition) is 0. The van der Waals surface area contributed by atoms with Crippen molar-refractivity contribution in [1.82, 2.24) is 4.57 Å². The van der Waals surface area contributed by atoms with Crippen LogP contribution in [-0.2, 0) is 9.53 Å². The highest BCUT2D eigenvalue weighted by Gasteiger charge is 2.33. The molecule has 0 radical (unpaired) electrons. The summed E-state index contributed by atoms with van der Waals surface area (Å²) in [6.45, 7) is 5.31. The Bertz CT molecular complexity index is 1470. The molecule has 0 saturated carbocycles. The molecular formula is C25H22Cl2N2O4S. The highest BCUT2D eigenvalue weighted by Crippen LogP contribution is 2.32. The minimum atomic E-state index is -0.698. The summed E-state index contributed by atoms with van der Waals surface area (Å²) < 4.78 is 12.8. The summed E-state index contributed by atoms with van der Waals surface area (Å²) in [7, 11) is 1.58. The molecule has 9 heteroatoms. The van der Waals surface area contributed by atoms with Crippen LogP contribution in [0.5, 0.6) is 5.75 Å². The molecular weight excluding hydrogens is 495 g/mol. The molecule has 0 N–H and O–H groups in total. The molecule has 3 aromatic rings. The first-order chi connectivity index (χ1) is 16.2. The second-order valence-electron chi connectivity index (χ2n) is 7.97. The first kappa shape index (κ1) is 24.3. The van der Waals surface area contributed by atoms with Crippen molar-refractivity contribution in [3.8, 4) is 5.75 Å². The minimum Gasteiger partial charge on any atom is -0.497 e.